The van der Waals surface area contributed by atoms with Crippen LogP contribution in [0.3, 0.4) is 0 Å². The zero-order chi connectivity index (χ0) is 13.1. The van der Waals surface area contributed by atoms with Crippen molar-refractivity contribution >= 4 is 5.69 Å². The van der Waals surface area contributed by atoms with Gasteiger partial charge in [-0.15, -0.1) is 0 Å². The molecule has 1 aliphatic carbocycles. The number of hydrogen-bond donors (Lipinski definition) is 1. The van der Waals surface area contributed by atoms with Gasteiger partial charge in [0.05, 0.1) is 0 Å². The van der Waals surface area contributed by atoms with E-state index in [9.17, 15) is 0 Å². The summed E-state index contributed by atoms with van der Waals surface area (Å²) in [7, 11) is 2.14. The van der Waals surface area contributed by atoms with Crippen molar-refractivity contribution in [3.63, 3.8) is 0 Å². The quantitative estimate of drug-likeness (QED) is 0.892. The highest BCUT2D eigenvalue weighted by molar-refractivity contribution is 5.57. The Morgan fingerprint density at radius 1 is 1.21 bits per heavy atom. The fourth-order valence-electron chi connectivity index (χ4n) is 3.85. The van der Waals surface area contributed by atoms with E-state index in [-0.39, 0.29) is 0 Å². The first-order chi connectivity index (χ1) is 9.38. The van der Waals surface area contributed by atoms with Crippen LogP contribution in [0.5, 0.6) is 0 Å². The molecule has 0 amide bonds. The Labute approximate surface area is 117 Å². The molecule has 104 valence electrons. The number of para-hydroxylation sites is 1. The zero-order valence-electron chi connectivity index (χ0n) is 12.1. The van der Waals surface area contributed by atoms with Gasteiger partial charge in [0.2, 0.25) is 0 Å². The molecule has 3 rings (SSSR count). The lowest BCUT2D eigenvalue weighted by Crippen LogP contribution is -2.44. The molecule has 0 aromatic heterocycles. The highest BCUT2D eigenvalue weighted by Crippen LogP contribution is 2.31. The highest BCUT2D eigenvalue weighted by atomic mass is 15.2. The maximum absolute atomic E-state index is 3.59. The normalized spacial score (nSPS) is 21.4. The third kappa shape index (κ3) is 2.79. The molecule has 1 saturated carbocycles. The largest absolute Gasteiger partial charge is 0.369 e. The van der Waals surface area contributed by atoms with Crippen molar-refractivity contribution in [1.29, 1.82) is 0 Å². The SMILES string of the molecule is CNC(CN1CCc2ccccc21)C1CCCCC1. The molecule has 1 unspecified atom stereocenters. The fraction of sp³-hybridized carbons (Fsp3) is 0.647. The maximum Gasteiger partial charge on any atom is 0.0400 e. The Morgan fingerprint density at radius 3 is 2.79 bits per heavy atom. The van der Waals surface area contributed by atoms with E-state index in [2.05, 4.69) is 41.5 Å². The average Bonchev–Trinajstić information content (AvgIpc) is 2.89. The summed E-state index contributed by atoms with van der Waals surface area (Å²) in [5, 5.41) is 3.59. The predicted molar refractivity (Wildman–Crippen MR) is 81.8 cm³/mol. The minimum atomic E-state index is 0.659. The minimum Gasteiger partial charge on any atom is -0.369 e. The molecule has 1 aromatic rings. The number of likely N-dealkylation sites (N-methyl/N-ethyl adjacent to an activating group) is 1. The lowest BCUT2D eigenvalue weighted by Gasteiger charge is -2.34. The molecule has 0 radical (unpaired) electrons. The molecule has 2 heteroatoms. The maximum atomic E-state index is 3.59. The molecule has 1 N–H and O–H groups in total. The van der Waals surface area contributed by atoms with Crippen molar-refractivity contribution in [2.24, 2.45) is 5.92 Å². The van der Waals surface area contributed by atoms with E-state index >= 15 is 0 Å². The van der Waals surface area contributed by atoms with Crippen molar-refractivity contribution < 1.29 is 0 Å². The summed E-state index contributed by atoms with van der Waals surface area (Å²) in [5.74, 6) is 0.881. The third-order valence-corrected chi connectivity index (χ3v) is 4.99. The standard InChI is InChI=1S/C17H26N2/c1-18-16(14-7-3-2-4-8-14)13-19-12-11-15-9-5-6-10-17(15)19/h5-6,9-10,14,16,18H,2-4,7-8,11-13H2,1H3. The van der Waals surface area contributed by atoms with Gasteiger partial charge in [-0.25, -0.2) is 0 Å². The summed E-state index contributed by atoms with van der Waals surface area (Å²) in [6.45, 7) is 2.38. The second-order valence-electron chi connectivity index (χ2n) is 6.12. The molecule has 2 nitrogen and oxygen atoms in total. The molecule has 0 spiro atoms. The summed E-state index contributed by atoms with van der Waals surface area (Å²) < 4.78 is 0. The Hall–Kier alpha value is -1.02. The summed E-state index contributed by atoms with van der Waals surface area (Å²) in [6, 6.07) is 9.57. The Kier molecular flexibility index (Phi) is 4.07. The van der Waals surface area contributed by atoms with Crippen molar-refractivity contribution in [2.45, 2.75) is 44.6 Å². The van der Waals surface area contributed by atoms with Crippen molar-refractivity contribution in [3.8, 4) is 0 Å². The second-order valence-corrected chi connectivity index (χ2v) is 6.12. The number of anilines is 1. The van der Waals surface area contributed by atoms with Gasteiger partial charge in [0.1, 0.15) is 0 Å². The lowest BCUT2D eigenvalue weighted by molar-refractivity contribution is 0.279. The molecular weight excluding hydrogens is 232 g/mol. The number of benzene rings is 1. The summed E-state index contributed by atoms with van der Waals surface area (Å²) >= 11 is 0. The van der Waals surface area contributed by atoms with Crippen LogP contribution in [0.4, 0.5) is 5.69 Å². The Bertz CT molecular complexity index is 409. The van der Waals surface area contributed by atoms with Crippen molar-refractivity contribution in [2.75, 3.05) is 25.0 Å². The van der Waals surface area contributed by atoms with Gasteiger partial charge < -0.3 is 10.2 Å². The van der Waals surface area contributed by atoms with Crippen LogP contribution in [0.15, 0.2) is 24.3 Å². The van der Waals surface area contributed by atoms with E-state index < -0.39 is 0 Å². The van der Waals surface area contributed by atoms with Crippen LogP contribution >= 0.6 is 0 Å². The summed E-state index contributed by atoms with van der Waals surface area (Å²) in [5.41, 5.74) is 3.00. The van der Waals surface area contributed by atoms with Gasteiger partial charge in [-0.2, -0.15) is 0 Å². The van der Waals surface area contributed by atoms with E-state index in [1.165, 1.54) is 62.9 Å². The fourth-order valence-corrected chi connectivity index (χ4v) is 3.85. The first-order valence-electron chi connectivity index (χ1n) is 7.88. The molecule has 1 atom stereocenters. The van der Waals surface area contributed by atoms with E-state index in [0.29, 0.717) is 6.04 Å². The topological polar surface area (TPSA) is 15.3 Å². The zero-order valence-corrected chi connectivity index (χ0v) is 12.1. The summed E-state index contributed by atoms with van der Waals surface area (Å²) in [6.07, 6.45) is 8.36. The molecule has 1 heterocycles. The molecule has 1 fully saturated rings. The molecule has 19 heavy (non-hydrogen) atoms. The van der Waals surface area contributed by atoms with Gasteiger partial charge in [-0.1, -0.05) is 37.5 Å². The van der Waals surface area contributed by atoms with Crippen LogP contribution < -0.4 is 10.2 Å². The van der Waals surface area contributed by atoms with Gasteiger partial charge in [0.15, 0.2) is 0 Å². The number of nitrogens with one attached hydrogen (secondary N) is 1. The molecule has 2 aliphatic rings. The van der Waals surface area contributed by atoms with E-state index in [1.807, 2.05) is 0 Å². The van der Waals surface area contributed by atoms with E-state index in [4.69, 9.17) is 0 Å². The monoisotopic (exact) mass is 258 g/mol. The first-order valence-corrected chi connectivity index (χ1v) is 7.88. The lowest BCUT2D eigenvalue weighted by atomic mass is 9.83. The van der Waals surface area contributed by atoms with Crippen LogP contribution in [0.1, 0.15) is 37.7 Å². The average molecular weight is 258 g/mol. The number of rotatable bonds is 4. The van der Waals surface area contributed by atoms with Crippen LogP contribution in [0.2, 0.25) is 0 Å². The number of nitrogens with zero attached hydrogens (tertiary/aromatic N) is 1. The van der Waals surface area contributed by atoms with Crippen LogP contribution in [-0.2, 0) is 6.42 Å². The minimum absolute atomic E-state index is 0.659. The number of hydrogen-bond acceptors (Lipinski definition) is 2. The predicted octanol–water partition coefficient (Wildman–Crippen LogP) is 3.22. The highest BCUT2D eigenvalue weighted by Gasteiger charge is 2.26. The molecule has 0 bridgehead atoms. The van der Waals surface area contributed by atoms with Crippen molar-refractivity contribution in [3.05, 3.63) is 29.8 Å². The van der Waals surface area contributed by atoms with E-state index in [1.54, 1.807) is 0 Å². The van der Waals surface area contributed by atoms with Crippen LogP contribution in [-0.4, -0.2) is 26.2 Å². The van der Waals surface area contributed by atoms with Crippen LogP contribution in [0, 0.1) is 5.92 Å². The van der Waals surface area contributed by atoms with Gasteiger partial charge in [0, 0.05) is 24.8 Å². The smallest absolute Gasteiger partial charge is 0.0400 e. The molecule has 1 aliphatic heterocycles. The first kappa shape index (κ1) is 13.0. The third-order valence-electron chi connectivity index (χ3n) is 4.99. The van der Waals surface area contributed by atoms with Crippen LogP contribution in [0.25, 0.3) is 0 Å². The number of fused-ring (bicyclic) bond motifs is 1. The molecule has 0 saturated heterocycles. The van der Waals surface area contributed by atoms with Gasteiger partial charge in [-0.3, -0.25) is 0 Å². The summed E-state index contributed by atoms with van der Waals surface area (Å²) in [4.78, 5) is 2.59. The molecular formula is C17H26N2. The second kappa shape index (κ2) is 5.96. The Balaban J connectivity index is 1.67. The van der Waals surface area contributed by atoms with E-state index in [0.717, 1.165) is 5.92 Å². The Morgan fingerprint density at radius 2 is 2.00 bits per heavy atom. The van der Waals surface area contributed by atoms with Gasteiger partial charge >= 0.3 is 0 Å². The molecule has 1 aromatic carbocycles. The van der Waals surface area contributed by atoms with Gasteiger partial charge in [-0.05, 0) is 43.9 Å². The van der Waals surface area contributed by atoms with Crippen molar-refractivity contribution in [1.82, 2.24) is 5.32 Å². The van der Waals surface area contributed by atoms with Gasteiger partial charge in [0.25, 0.3) is 0 Å².